The molecule has 0 atom stereocenters. The van der Waals surface area contributed by atoms with Gasteiger partial charge in [-0.2, -0.15) is 0 Å². The highest BCUT2D eigenvalue weighted by molar-refractivity contribution is 6.30. The molecule has 7 heteroatoms. The maximum atomic E-state index is 13.2. The Hall–Kier alpha value is -1.96. The number of hydrogen-bond acceptors (Lipinski definition) is 5. The van der Waals surface area contributed by atoms with E-state index < -0.39 is 5.79 Å². The van der Waals surface area contributed by atoms with Gasteiger partial charge in [0, 0.05) is 49.0 Å². The molecule has 0 amide bonds. The molecule has 2 fully saturated rings. The molecule has 1 spiro atoms. The molecule has 0 radical (unpaired) electrons. The highest BCUT2D eigenvalue weighted by atomic mass is 35.5. The second-order valence-corrected chi connectivity index (χ2v) is 8.40. The SMILES string of the molecule is C=C.Fc1ccc(N2CCN(CN3Cc4ccc(Cl)cc4C4(C3)OCCO4)CC2)cc1. The van der Waals surface area contributed by atoms with Crippen LogP contribution in [0.25, 0.3) is 0 Å². The largest absolute Gasteiger partial charge is 0.369 e. The van der Waals surface area contributed by atoms with Crippen LogP contribution in [0.15, 0.2) is 55.6 Å². The first kappa shape index (κ1) is 22.2. The van der Waals surface area contributed by atoms with E-state index in [1.54, 1.807) is 0 Å². The zero-order valence-electron chi connectivity index (χ0n) is 17.7. The molecule has 5 nitrogen and oxygen atoms in total. The molecule has 3 aliphatic rings. The van der Waals surface area contributed by atoms with Gasteiger partial charge in [0.05, 0.1) is 26.4 Å². The minimum Gasteiger partial charge on any atom is -0.369 e. The van der Waals surface area contributed by atoms with Crippen molar-refractivity contribution in [1.82, 2.24) is 9.80 Å². The summed E-state index contributed by atoms with van der Waals surface area (Å²) in [6.45, 7) is 13.5. The first-order valence-corrected chi connectivity index (χ1v) is 11.0. The minimum absolute atomic E-state index is 0.190. The summed E-state index contributed by atoms with van der Waals surface area (Å²) in [7, 11) is 0. The van der Waals surface area contributed by atoms with Gasteiger partial charge in [-0.05, 0) is 42.0 Å². The van der Waals surface area contributed by atoms with E-state index in [0.717, 1.165) is 50.6 Å². The van der Waals surface area contributed by atoms with Crippen molar-refractivity contribution in [3.05, 3.63) is 77.6 Å². The average Bonchev–Trinajstić information content (AvgIpc) is 3.26. The third-order valence-electron chi connectivity index (χ3n) is 6.03. The highest BCUT2D eigenvalue weighted by Gasteiger charge is 2.45. The van der Waals surface area contributed by atoms with Gasteiger partial charge in [0.15, 0.2) is 0 Å². The molecular formula is C24H29ClFN3O2. The number of benzene rings is 2. The fraction of sp³-hybridized carbons (Fsp3) is 0.417. The quantitative estimate of drug-likeness (QED) is 0.664. The first-order valence-electron chi connectivity index (χ1n) is 10.6. The van der Waals surface area contributed by atoms with Crippen molar-refractivity contribution < 1.29 is 13.9 Å². The summed E-state index contributed by atoms with van der Waals surface area (Å²) >= 11 is 6.24. The Balaban J connectivity index is 0.00000112. The number of rotatable bonds is 3. The molecule has 3 aliphatic heterocycles. The van der Waals surface area contributed by atoms with Gasteiger partial charge in [0.2, 0.25) is 5.79 Å². The summed E-state index contributed by atoms with van der Waals surface area (Å²) in [5.41, 5.74) is 3.37. The minimum atomic E-state index is -0.700. The molecule has 166 valence electrons. The van der Waals surface area contributed by atoms with E-state index >= 15 is 0 Å². The summed E-state index contributed by atoms with van der Waals surface area (Å²) in [5.74, 6) is -0.890. The number of anilines is 1. The van der Waals surface area contributed by atoms with E-state index in [-0.39, 0.29) is 5.82 Å². The Labute approximate surface area is 188 Å². The number of ether oxygens (including phenoxy) is 2. The molecule has 31 heavy (non-hydrogen) atoms. The van der Waals surface area contributed by atoms with Crippen LogP contribution in [-0.2, 0) is 21.8 Å². The fourth-order valence-electron chi connectivity index (χ4n) is 4.60. The summed E-state index contributed by atoms with van der Waals surface area (Å²) in [5, 5.41) is 0.715. The van der Waals surface area contributed by atoms with Crippen molar-refractivity contribution in [2.45, 2.75) is 12.3 Å². The standard InChI is InChI=1S/C22H25ClFN3O2.C2H4/c23-18-2-1-17-14-26(15-22(21(17)13-18)28-11-12-29-22)16-25-7-9-27(10-8-25)20-5-3-19(24)4-6-20;1-2/h1-6,13H,7-12,14-16H2;1-2H2. The fourth-order valence-corrected chi connectivity index (χ4v) is 4.77. The van der Waals surface area contributed by atoms with E-state index in [0.29, 0.717) is 24.8 Å². The van der Waals surface area contributed by atoms with Crippen molar-refractivity contribution in [3.8, 4) is 0 Å². The van der Waals surface area contributed by atoms with Gasteiger partial charge in [-0.3, -0.25) is 9.80 Å². The first-order chi connectivity index (χ1) is 15.1. The van der Waals surface area contributed by atoms with Gasteiger partial charge >= 0.3 is 0 Å². The van der Waals surface area contributed by atoms with Gasteiger partial charge in [0.25, 0.3) is 0 Å². The zero-order valence-corrected chi connectivity index (χ0v) is 18.5. The number of nitrogens with zero attached hydrogens (tertiary/aromatic N) is 3. The van der Waals surface area contributed by atoms with E-state index in [4.69, 9.17) is 21.1 Å². The number of hydrogen-bond donors (Lipinski definition) is 0. The van der Waals surface area contributed by atoms with Gasteiger partial charge in [-0.25, -0.2) is 4.39 Å². The summed E-state index contributed by atoms with van der Waals surface area (Å²) in [6, 6.07) is 12.8. The molecule has 0 aliphatic carbocycles. The third-order valence-corrected chi connectivity index (χ3v) is 6.26. The maximum absolute atomic E-state index is 13.2. The highest BCUT2D eigenvalue weighted by Crippen LogP contribution is 2.40. The second kappa shape index (κ2) is 9.67. The van der Waals surface area contributed by atoms with Crippen LogP contribution in [0.4, 0.5) is 10.1 Å². The van der Waals surface area contributed by atoms with Crippen molar-refractivity contribution in [2.75, 3.05) is 57.5 Å². The molecule has 0 bridgehead atoms. The normalized spacial score (nSPS) is 20.9. The summed E-state index contributed by atoms with van der Waals surface area (Å²) in [6.07, 6.45) is 0. The third kappa shape index (κ3) is 4.78. The Morgan fingerprint density at radius 2 is 1.61 bits per heavy atom. The van der Waals surface area contributed by atoms with Crippen molar-refractivity contribution in [3.63, 3.8) is 0 Å². The lowest BCUT2D eigenvalue weighted by molar-refractivity contribution is -0.191. The molecule has 2 aromatic rings. The molecule has 2 saturated heterocycles. The van der Waals surface area contributed by atoms with Crippen LogP contribution in [0.1, 0.15) is 11.1 Å². The van der Waals surface area contributed by atoms with E-state index in [1.165, 1.54) is 17.7 Å². The Morgan fingerprint density at radius 3 is 2.29 bits per heavy atom. The van der Waals surface area contributed by atoms with E-state index in [9.17, 15) is 4.39 Å². The van der Waals surface area contributed by atoms with Crippen LogP contribution < -0.4 is 4.90 Å². The number of piperazine rings is 1. The molecule has 0 unspecified atom stereocenters. The summed E-state index contributed by atoms with van der Waals surface area (Å²) < 4.78 is 25.3. The number of fused-ring (bicyclic) bond motifs is 2. The van der Waals surface area contributed by atoms with Crippen LogP contribution >= 0.6 is 11.6 Å². The Morgan fingerprint density at radius 1 is 0.935 bits per heavy atom. The lowest BCUT2D eigenvalue weighted by Crippen LogP contribution is -2.54. The van der Waals surface area contributed by atoms with Crippen LogP contribution in [0.2, 0.25) is 5.02 Å². The lowest BCUT2D eigenvalue weighted by Gasteiger charge is -2.43. The zero-order chi connectivity index (χ0) is 21.8. The molecule has 0 aromatic heterocycles. The van der Waals surface area contributed by atoms with Gasteiger partial charge in [-0.1, -0.05) is 17.7 Å². The van der Waals surface area contributed by atoms with Crippen molar-refractivity contribution in [2.24, 2.45) is 0 Å². The van der Waals surface area contributed by atoms with Gasteiger partial charge in [0.1, 0.15) is 5.82 Å². The predicted octanol–water partition coefficient (Wildman–Crippen LogP) is 4.08. The van der Waals surface area contributed by atoms with Crippen LogP contribution in [0, 0.1) is 5.82 Å². The van der Waals surface area contributed by atoms with Crippen molar-refractivity contribution >= 4 is 17.3 Å². The molecule has 2 aromatic carbocycles. The van der Waals surface area contributed by atoms with E-state index in [1.807, 2.05) is 24.3 Å². The second-order valence-electron chi connectivity index (χ2n) is 7.96. The number of halogens is 2. The van der Waals surface area contributed by atoms with Crippen LogP contribution in [0.3, 0.4) is 0 Å². The Bertz CT molecular complexity index is 881. The van der Waals surface area contributed by atoms with E-state index in [2.05, 4.69) is 33.9 Å². The smallest absolute Gasteiger partial charge is 0.208 e. The monoisotopic (exact) mass is 445 g/mol. The van der Waals surface area contributed by atoms with Gasteiger partial charge in [-0.15, -0.1) is 13.2 Å². The topological polar surface area (TPSA) is 28.2 Å². The average molecular weight is 446 g/mol. The van der Waals surface area contributed by atoms with Crippen LogP contribution in [-0.4, -0.2) is 62.4 Å². The lowest BCUT2D eigenvalue weighted by atomic mass is 9.94. The van der Waals surface area contributed by atoms with Crippen LogP contribution in [0.5, 0.6) is 0 Å². The molecule has 0 N–H and O–H groups in total. The molecule has 0 saturated carbocycles. The molecule has 3 heterocycles. The Kier molecular flexibility index (Phi) is 6.94. The predicted molar refractivity (Wildman–Crippen MR) is 122 cm³/mol. The molecule has 5 rings (SSSR count). The maximum Gasteiger partial charge on any atom is 0.208 e. The van der Waals surface area contributed by atoms with Gasteiger partial charge < -0.3 is 14.4 Å². The summed E-state index contributed by atoms with van der Waals surface area (Å²) in [4.78, 5) is 7.17. The molecular weight excluding hydrogens is 417 g/mol. The van der Waals surface area contributed by atoms with Crippen molar-refractivity contribution in [1.29, 1.82) is 0 Å².